The summed E-state index contributed by atoms with van der Waals surface area (Å²) in [7, 11) is 1.65. The molecule has 1 aliphatic heterocycles. The van der Waals surface area contributed by atoms with Crippen LogP contribution in [0.25, 0.3) is 22.2 Å². The minimum absolute atomic E-state index is 0.00562. The third kappa shape index (κ3) is 3.81. The fourth-order valence-electron chi connectivity index (χ4n) is 3.69. The minimum atomic E-state index is -0.00562. The lowest BCUT2D eigenvalue weighted by Crippen LogP contribution is -2.30. The van der Waals surface area contributed by atoms with Crippen LogP contribution in [0.15, 0.2) is 36.7 Å². The molecule has 6 nitrogen and oxygen atoms in total. The number of pyridine rings is 1. The Morgan fingerprint density at radius 3 is 2.57 bits per heavy atom. The average molecular weight is 375 g/mol. The largest absolute Gasteiger partial charge is 0.359 e. The van der Waals surface area contributed by atoms with Crippen molar-refractivity contribution in [2.45, 2.75) is 32.6 Å². The van der Waals surface area contributed by atoms with Gasteiger partial charge in [-0.05, 0) is 49.4 Å². The maximum Gasteiger partial charge on any atom is 0.225 e. The number of amides is 1. The second-order valence-corrected chi connectivity index (χ2v) is 7.35. The van der Waals surface area contributed by atoms with Crippen molar-refractivity contribution < 1.29 is 4.79 Å². The number of likely N-dealkylation sites (N-methyl/N-ethyl adjacent to an activating group) is 1. The molecule has 1 saturated heterocycles. The van der Waals surface area contributed by atoms with E-state index in [1.807, 2.05) is 30.6 Å². The number of piperidine rings is 1. The number of aryl methyl sites for hydroxylation is 1. The van der Waals surface area contributed by atoms with Crippen LogP contribution in [0.4, 0.5) is 5.95 Å². The standard InChI is InChI=1S/C22H25N5O/c1-15-10-19(17-13-24-22(25-14-17)27-8-4-3-5-9-27)26-20-11-16(6-7-18(15)20)12-21(28)23-2/h6-7,10-11,13-14H,3-5,8-9,12H2,1-2H3,(H,23,28). The molecule has 3 aromatic rings. The first-order valence-electron chi connectivity index (χ1n) is 9.82. The minimum Gasteiger partial charge on any atom is -0.359 e. The summed E-state index contributed by atoms with van der Waals surface area (Å²) in [5.41, 5.74) is 4.74. The van der Waals surface area contributed by atoms with Crippen molar-refractivity contribution >= 4 is 22.8 Å². The number of hydrogen-bond acceptors (Lipinski definition) is 5. The van der Waals surface area contributed by atoms with Gasteiger partial charge in [-0.3, -0.25) is 4.79 Å². The highest BCUT2D eigenvalue weighted by atomic mass is 16.1. The molecule has 2 aromatic heterocycles. The Balaban J connectivity index is 1.64. The number of aromatic nitrogens is 3. The summed E-state index contributed by atoms with van der Waals surface area (Å²) in [5, 5.41) is 3.76. The highest BCUT2D eigenvalue weighted by Crippen LogP contribution is 2.25. The summed E-state index contributed by atoms with van der Waals surface area (Å²) < 4.78 is 0. The first kappa shape index (κ1) is 18.3. The molecular formula is C22H25N5O. The topological polar surface area (TPSA) is 71.0 Å². The smallest absolute Gasteiger partial charge is 0.225 e. The second-order valence-electron chi connectivity index (χ2n) is 7.35. The Kier molecular flexibility index (Phi) is 5.19. The van der Waals surface area contributed by atoms with E-state index in [1.165, 1.54) is 19.3 Å². The predicted octanol–water partition coefficient (Wildman–Crippen LogP) is 3.28. The Morgan fingerprint density at radius 2 is 1.86 bits per heavy atom. The van der Waals surface area contributed by atoms with Crippen LogP contribution in [0.5, 0.6) is 0 Å². The molecule has 0 radical (unpaired) electrons. The molecule has 0 saturated carbocycles. The van der Waals surface area contributed by atoms with E-state index in [0.29, 0.717) is 6.42 Å². The van der Waals surface area contributed by atoms with Gasteiger partial charge in [-0.2, -0.15) is 0 Å². The van der Waals surface area contributed by atoms with Crippen LogP contribution >= 0.6 is 0 Å². The average Bonchev–Trinajstić information content (AvgIpc) is 2.74. The number of fused-ring (bicyclic) bond motifs is 1. The Morgan fingerprint density at radius 1 is 1.11 bits per heavy atom. The molecule has 1 aliphatic rings. The van der Waals surface area contributed by atoms with Crippen molar-refractivity contribution in [2.75, 3.05) is 25.0 Å². The van der Waals surface area contributed by atoms with E-state index in [4.69, 9.17) is 4.98 Å². The number of nitrogens with zero attached hydrogens (tertiary/aromatic N) is 4. The summed E-state index contributed by atoms with van der Waals surface area (Å²) in [4.78, 5) is 27.9. The fourth-order valence-corrected chi connectivity index (χ4v) is 3.69. The lowest BCUT2D eigenvalue weighted by molar-refractivity contribution is -0.119. The normalized spacial score (nSPS) is 14.3. The third-order valence-corrected chi connectivity index (χ3v) is 5.30. The number of benzene rings is 1. The second kappa shape index (κ2) is 7.92. The maximum absolute atomic E-state index is 11.7. The van der Waals surface area contributed by atoms with Crippen molar-refractivity contribution in [1.29, 1.82) is 0 Å². The van der Waals surface area contributed by atoms with Gasteiger partial charge in [0.1, 0.15) is 0 Å². The van der Waals surface area contributed by atoms with Gasteiger partial charge in [0.2, 0.25) is 11.9 Å². The van der Waals surface area contributed by atoms with E-state index in [0.717, 1.165) is 52.3 Å². The number of carbonyl (C=O) groups excluding carboxylic acids is 1. The summed E-state index contributed by atoms with van der Waals surface area (Å²) in [5.74, 6) is 0.794. The van der Waals surface area contributed by atoms with E-state index in [-0.39, 0.29) is 5.91 Å². The first-order valence-corrected chi connectivity index (χ1v) is 9.82. The number of nitrogens with one attached hydrogen (secondary N) is 1. The van der Waals surface area contributed by atoms with Gasteiger partial charge in [0.25, 0.3) is 0 Å². The summed E-state index contributed by atoms with van der Waals surface area (Å²) in [6.45, 7) is 4.14. The summed E-state index contributed by atoms with van der Waals surface area (Å²) in [6.07, 6.45) is 7.77. The van der Waals surface area contributed by atoms with Crippen LogP contribution in [0, 0.1) is 6.92 Å². The molecule has 1 N–H and O–H groups in total. The molecule has 1 aromatic carbocycles. The van der Waals surface area contributed by atoms with Crippen molar-refractivity contribution in [3.8, 4) is 11.3 Å². The Bertz CT molecular complexity index is 994. The zero-order valence-electron chi connectivity index (χ0n) is 16.4. The van der Waals surface area contributed by atoms with Gasteiger partial charge < -0.3 is 10.2 Å². The van der Waals surface area contributed by atoms with E-state index in [2.05, 4.69) is 33.2 Å². The van der Waals surface area contributed by atoms with Gasteiger partial charge in [-0.25, -0.2) is 15.0 Å². The van der Waals surface area contributed by atoms with Gasteiger partial charge >= 0.3 is 0 Å². The van der Waals surface area contributed by atoms with Crippen LogP contribution in [0.3, 0.4) is 0 Å². The van der Waals surface area contributed by atoms with Crippen molar-refractivity contribution in [3.63, 3.8) is 0 Å². The lowest BCUT2D eigenvalue weighted by atomic mass is 10.0. The molecule has 1 fully saturated rings. The van der Waals surface area contributed by atoms with Crippen LogP contribution in [0.1, 0.15) is 30.4 Å². The molecule has 6 heteroatoms. The molecule has 0 bridgehead atoms. The van der Waals surface area contributed by atoms with Crippen LogP contribution in [-0.4, -0.2) is 41.0 Å². The van der Waals surface area contributed by atoms with Gasteiger partial charge in [0.05, 0.1) is 17.6 Å². The summed E-state index contributed by atoms with van der Waals surface area (Å²) >= 11 is 0. The molecule has 3 heterocycles. The zero-order chi connectivity index (χ0) is 19.5. The predicted molar refractivity (Wildman–Crippen MR) is 111 cm³/mol. The lowest BCUT2D eigenvalue weighted by Gasteiger charge is -2.26. The van der Waals surface area contributed by atoms with Gasteiger partial charge in [-0.1, -0.05) is 12.1 Å². The first-order chi connectivity index (χ1) is 13.6. The quantitative estimate of drug-likeness (QED) is 0.758. The SMILES string of the molecule is CNC(=O)Cc1ccc2c(C)cc(-c3cnc(N4CCCCC4)nc3)nc2c1. The van der Waals surface area contributed by atoms with Gasteiger partial charge in [0.15, 0.2) is 0 Å². The van der Waals surface area contributed by atoms with Crippen LogP contribution in [-0.2, 0) is 11.2 Å². The molecule has 28 heavy (non-hydrogen) atoms. The number of hydrogen-bond donors (Lipinski definition) is 1. The monoisotopic (exact) mass is 375 g/mol. The van der Waals surface area contributed by atoms with Crippen LogP contribution in [0.2, 0.25) is 0 Å². The van der Waals surface area contributed by atoms with Crippen molar-refractivity contribution in [3.05, 3.63) is 47.8 Å². The highest BCUT2D eigenvalue weighted by Gasteiger charge is 2.14. The zero-order valence-corrected chi connectivity index (χ0v) is 16.4. The number of rotatable bonds is 4. The van der Waals surface area contributed by atoms with E-state index in [9.17, 15) is 4.79 Å². The molecular weight excluding hydrogens is 350 g/mol. The molecule has 0 aliphatic carbocycles. The Labute approximate surface area is 165 Å². The Hall–Kier alpha value is -3.02. The van der Waals surface area contributed by atoms with Crippen molar-refractivity contribution in [2.24, 2.45) is 0 Å². The van der Waals surface area contributed by atoms with E-state index in [1.54, 1.807) is 7.05 Å². The van der Waals surface area contributed by atoms with Gasteiger partial charge in [0, 0.05) is 43.5 Å². The van der Waals surface area contributed by atoms with Gasteiger partial charge in [-0.15, -0.1) is 0 Å². The molecule has 0 unspecified atom stereocenters. The molecule has 0 atom stereocenters. The maximum atomic E-state index is 11.7. The fraction of sp³-hybridized carbons (Fsp3) is 0.364. The van der Waals surface area contributed by atoms with Crippen molar-refractivity contribution in [1.82, 2.24) is 20.3 Å². The number of carbonyl (C=O) groups is 1. The third-order valence-electron chi connectivity index (χ3n) is 5.30. The molecule has 0 spiro atoms. The molecule has 144 valence electrons. The molecule has 1 amide bonds. The number of anilines is 1. The van der Waals surface area contributed by atoms with Crippen LogP contribution < -0.4 is 10.2 Å². The molecule has 4 rings (SSSR count). The van der Waals surface area contributed by atoms with E-state index >= 15 is 0 Å². The van der Waals surface area contributed by atoms with E-state index < -0.39 is 0 Å². The summed E-state index contributed by atoms with van der Waals surface area (Å²) in [6, 6.07) is 8.09. The highest BCUT2D eigenvalue weighted by molar-refractivity contribution is 5.87.